The van der Waals surface area contributed by atoms with Gasteiger partial charge in [0.2, 0.25) is 0 Å². The van der Waals surface area contributed by atoms with E-state index in [1.54, 1.807) is 12.1 Å². The van der Waals surface area contributed by atoms with Gasteiger partial charge in [-0.2, -0.15) is 0 Å². The highest BCUT2D eigenvalue weighted by molar-refractivity contribution is 7.92. The minimum atomic E-state index is -3.73. The third-order valence-corrected chi connectivity index (χ3v) is 4.36. The van der Waals surface area contributed by atoms with Crippen molar-refractivity contribution in [2.75, 3.05) is 10.5 Å². The summed E-state index contributed by atoms with van der Waals surface area (Å²) in [5.41, 5.74) is 7.18. The van der Waals surface area contributed by atoms with Gasteiger partial charge in [-0.15, -0.1) is 0 Å². The third kappa shape index (κ3) is 3.20. The van der Waals surface area contributed by atoms with E-state index in [0.717, 1.165) is 12.0 Å². The molecule has 0 aliphatic heterocycles. The minimum absolute atomic E-state index is 0.0916. The Labute approximate surface area is 122 Å². The predicted molar refractivity (Wildman–Crippen MR) is 80.3 cm³/mol. The van der Waals surface area contributed by atoms with Gasteiger partial charge in [0.25, 0.3) is 10.0 Å². The molecule has 0 amide bonds. The molecule has 1 aromatic carbocycles. The van der Waals surface area contributed by atoms with E-state index >= 15 is 0 Å². The molecule has 0 aliphatic rings. The molecule has 1 heterocycles. The van der Waals surface area contributed by atoms with Gasteiger partial charge >= 0.3 is 0 Å². The Balaban J connectivity index is 2.33. The molecule has 0 saturated carbocycles. The summed E-state index contributed by atoms with van der Waals surface area (Å²) in [4.78, 5) is 3.99. The SMILES string of the molecule is CCc1ccc(S(=O)(=O)Nc2cc(Cl)ccn2)cc1N. The van der Waals surface area contributed by atoms with Crippen LogP contribution in [0.2, 0.25) is 5.02 Å². The average molecular weight is 312 g/mol. The van der Waals surface area contributed by atoms with E-state index in [1.807, 2.05) is 6.92 Å². The molecule has 0 fully saturated rings. The molecule has 3 N–H and O–H groups in total. The summed E-state index contributed by atoms with van der Waals surface area (Å²) in [6.07, 6.45) is 2.17. The number of benzene rings is 1. The van der Waals surface area contributed by atoms with Crippen LogP contribution in [-0.4, -0.2) is 13.4 Å². The summed E-state index contributed by atoms with van der Waals surface area (Å²) < 4.78 is 26.8. The van der Waals surface area contributed by atoms with Crippen molar-refractivity contribution in [3.8, 4) is 0 Å². The normalized spacial score (nSPS) is 11.3. The van der Waals surface area contributed by atoms with Crippen LogP contribution in [0.25, 0.3) is 0 Å². The van der Waals surface area contributed by atoms with Crippen LogP contribution in [0.5, 0.6) is 0 Å². The van der Waals surface area contributed by atoms with E-state index in [1.165, 1.54) is 24.4 Å². The first kappa shape index (κ1) is 14.6. The Morgan fingerprint density at radius 3 is 2.65 bits per heavy atom. The van der Waals surface area contributed by atoms with E-state index in [-0.39, 0.29) is 10.7 Å². The van der Waals surface area contributed by atoms with Gasteiger partial charge in [-0.05, 0) is 30.2 Å². The van der Waals surface area contributed by atoms with Gasteiger partial charge in [-0.25, -0.2) is 13.4 Å². The molecule has 2 rings (SSSR count). The predicted octanol–water partition coefficient (Wildman–Crippen LogP) is 2.68. The van der Waals surface area contributed by atoms with Gasteiger partial charge in [0.1, 0.15) is 5.82 Å². The number of aryl methyl sites for hydroxylation is 1. The molecular formula is C13H14ClN3O2S. The number of hydrogen-bond acceptors (Lipinski definition) is 4. The zero-order valence-corrected chi connectivity index (χ0v) is 12.4. The van der Waals surface area contributed by atoms with E-state index < -0.39 is 10.0 Å². The largest absolute Gasteiger partial charge is 0.398 e. The zero-order chi connectivity index (χ0) is 14.8. The maximum Gasteiger partial charge on any atom is 0.263 e. The molecule has 1 aromatic heterocycles. The summed E-state index contributed by atoms with van der Waals surface area (Å²) in [6.45, 7) is 1.95. The molecule has 5 nitrogen and oxygen atoms in total. The Morgan fingerprint density at radius 1 is 1.30 bits per heavy atom. The molecule has 0 spiro atoms. The molecule has 0 radical (unpaired) electrons. The standard InChI is InChI=1S/C13H14ClN3O2S/c1-2-9-3-4-11(8-12(9)15)20(18,19)17-13-7-10(14)5-6-16-13/h3-8H,2,15H2,1H3,(H,16,17). The highest BCUT2D eigenvalue weighted by Gasteiger charge is 2.16. The number of hydrogen-bond donors (Lipinski definition) is 2. The van der Waals surface area contributed by atoms with Crippen LogP contribution in [0.3, 0.4) is 0 Å². The maximum atomic E-state index is 12.2. The van der Waals surface area contributed by atoms with Crippen LogP contribution in [0.15, 0.2) is 41.4 Å². The van der Waals surface area contributed by atoms with Crippen molar-refractivity contribution < 1.29 is 8.42 Å². The van der Waals surface area contributed by atoms with Crippen LogP contribution < -0.4 is 10.5 Å². The monoisotopic (exact) mass is 311 g/mol. The first-order chi connectivity index (χ1) is 9.42. The minimum Gasteiger partial charge on any atom is -0.398 e. The Morgan fingerprint density at radius 2 is 2.05 bits per heavy atom. The lowest BCUT2D eigenvalue weighted by Crippen LogP contribution is -2.14. The Kier molecular flexibility index (Phi) is 4.15. The van der Waals surface area contributed by atoms with Crippen molar-refractivity contribution in [1.29, 1.82) is 0 Å². The molecule has 2 aromatic rings. The van der Waals surface area contributed by atoms with Gasteiger partial charge in [0, 0.05) is 23.0 Å². The second-order valence-corrected chi connectivity index (χ2v) is 6.30. The topological polar surface area (TPSA) is 85.1 Å². The van der Waals surface area contributed by atoms with E-state index in [9.17, 15) is 8.42 Å². The molecule has 0 aliphatic carbocycles. The summed E-state index contributed by atoms with van der Waals surface area (Å²) in [5, 5.41) is 0.401. The fraction of sp³-hybridized carbons (Fsp3) is 0.154. The number of nitrogens with two attached hydrogens (primary N) is 1. The Bertz CT molecular complexity index is 732. The van der Waals surface area contributed by atoms with Gasteiger partial charge in [-0.1, -0.05) is 24.6 Å². The number of nitrogens with zero attached hydrogens (tertiary/aromatic N) is 1. The second kappa shape index (κ2) is 5.68. The molecule has 106 valence electrons. The zero-order valence-electron chi connectivity index (χ0n) is 10.8. The number of aromatic nitrogens is 1. The summed E-state index contributed by atoms with van der Waals surface area (Å²) in [6, 6.07) is 7.65. The molecule has 20 heavy (non-hydrogen) atoms. The number of rotatable bonds is 4. The van der Waals surface area contributed by atoms with E-state index in [0.29, 0.717) is 10.7 Å². The van der Waals surface area contributed by atoms with E-state index in [2.05, 4.69) is 9.71 Å². The smallest absolute Gasteiger partial charge is 0.263 e. The highest BCUT2D eigenvalue weighted by Crippen LogP contribution is 2.21. The van der Waals surface area contributed by atoms with Crippen LogP contribution >= 0.6 is 11.6 Å². The van der Waals surface area contributed by atoms with Gasteiger partial charge < -0.3 is 5.73 Å². The van der Waals surface area contributed by atoms with E-state index in [4.69, 9.17) is 17.3 Å². The molecule has 7 heteroatoms. The van der Waals surface area contributed by atoms with Crippen molar-refractivity contribution in [2.24, 2.45) is 0 Å². The quantitative estimate of drug-likeness (QED) is 0.850. The number of anilines is 2. The fourth-order valence-electron chi connectivity index (χ4n) is 1.72. The van der Waals surface area contributed by atoms with Crippen molar-refractivity contribution >= 4 is 33.1 Å². The van der Waals surface area contributed by atoms with Crippen molar-refractivity contribution in [3.05, 3.63) is 47.1 Å². The number of halogens is 1. The number of sulfonamides is 1. The van der Waals surface area contributed by atoms with Crippen LogP contribution in [-0.2, 0) is 16.4 Å². The van der Waals surface area contributed by atoms with Crippen molar-refractivity contribution in [1.82, 2.24) is 4.98 Å². The number of nitrogen functional groups attached to an aromatic ring is 1. The fourth-order valence-corrected chi connectivity index (χ4v) is 2.91. The molecule has 0 atom stereocenters. The summed E-state index contributed by atoms with van der Waals surface area (Å²) in [5.74, 6) is 0.163. The first-order valence-electron chi connectivity index (χ1n) is 5.95. The lowest BCUT2D eigenvalue weighted by Gasteiger charge is -2.09. The van der Waals surface area contributed by atoms with Crippen LogP contribution in [0.4, 0.5) is 11.5 Å². The first-order valence-corrected chi connectivity index (χ1v) is 7.81. The van der Waals surface area contributed by atoms with Crippen molar-refractivity contribution in [2.45, 2.75) is 18.2 Å². The summed E-state index contributed by atoms with van der Waals surface area (Å²) >= 11 is 5.79. The lowest BCUT2D eigenvalue weighted by atomic mass is 10.1. The second-order valence-electron chi connectivity index (χ2n) is 4.18. The van der Waals surface area contributed by atoms with Gasteiger partial charge in [0.15, 0.2) is 0 Å². The molecule has 0 unspecified atom stereocenters. The number of nitrogens with one attached hydrogen (secondary N) is 1. The third-order valence-electron chi connectivity index (χ3n) is 2.77. The Hall–Kier alpha value is -1.79. The molecule has 0 bridgehead atoms. The van der Waals surface area contributed by atoms with Crippen LogP contribution in [0.1, 0.15) is 12.5 Å². The van der Waals surface area contributed by atoms with Crippen molar-refractivity contribution in [3.63, 3.8) is 0 Å². The van der Waals surface area contributed by atoms with Gasteiger partial charge in [-0.3, -0.25) is 4.72 Å². The molecular weight excluding hydrogens is 298 g/mol. The number of pyridine rings is 1. The van der Waals surface area contributed by atoms with Gasteiger partial charge in [0.05, 0.1) is 4.90 Å². The summed E-state index contributed by atoms with van der Waals surface area (Å²) in [7, 11) is -3.73. The molecule has 0 saturated heterocycles. The van der Waals surface area contributed by atoms with Crippen LogP contribution in [0, 0.1) is 0 Å². The average Bonchev–Trinajstić information content (AvgIpc) is 2.38. The lowest BCUT2D eigenvalue weighted by molar-refractivity contribution is 0.601. The highest BCUT2D eigenvalue weighted by atomic mass is 35.5. The maximum absolute atomic E-state index is 12.2.